The van der Waals surface area contributed by atoms with Gasteiger partial charge in [-0.25, -0.2) is 18.5 Å². The minimum atomic E-state index is -3.67. The average molecular weight is 507 g/mol. The molecule has 0 aliphatic heterocycles. The number of aromatic nitrogens is 3. The Hall–Kier alpha value is -1.73. The van der Waals surface area contributed by atoms with E-state index in [9.17, 15) is 8.42 Å². The summed E-state index contributed by atoms with van der Waals surface area (Å²) in [6.45, 7) is 6.62. The van der Waals surface area contributed by atoms with Crippen molar-refractivity contribution in [2.75, 3.05) is 13.1 Å². The Bertz CT molecular complexity index is 835. The maximum absolute atomic E-state index is 11.3. The number of halogens is 1. The van der Waals surface area contributed by atoms with Crippen LogP contribution in [-0.4, -0.2) is 42.2 Å². The van der Waals surface area contributed by atoms with Crippen molar-refractivity contribution in [3.63, 3.8) is 0 Å². The van der Waals surface area contributed by atoms with Crippen LogP contribution in [0.25, 0.3) is 0 Å². The first-order valence-electron chi connectivity index (χ1n) is 8.44. The third-order valence-electron chi connectivity index (χ3n) is 3.67. The fraction of sp³-hybridized carbons (Fsp3) is 0.438. The van der Waals surface area contributed by atoms with Crippen LogP contribution in [0.2, 0.25) is 0 Å². The van der Waals surface area contributed by atoms with Crippen molar-refractivity contribution in [3.8, 4) is 0 Å². The molecule has 0 aliphatic rings. The van der Waals surface area contributed by atoms with Gasteiger partial charge in [-0.05, 0) is 24.6 Å². The lowest BCUT2D eigenvalue weighted by molar-refractivity contribution is 0.598. The highest BCUT2D eigenvalue weighted by Gasteiger charge is 2.07. The first kappa shape index (κ1) is 23.3. The van der Waals surface area contributed by atoms with E-state index >= 15 is 0 Å². The van der Waals surface area contributed by atoms with E-state index in [1.165, 1.54) is 12.1 Å². The predicted octanol–water partition coefficient (Wildman–Crippen LogP) is 0.861. The molecular weight excluding hydrogens is 481 g/mol. The quantitative estimate of drug-likeness (QED) is 0.276. The van der Waals surface area contributed by atoms with Crippen molar-refractivity contribution >= 4 is 40.0 Å². The molecule has 2 aromatic rings. The van der Waals surface area contributed by atoms with Gasteiger partial charge in [0, 0.05) is 26.1 Å². The number of nitrogens with zero attached hydrogens (tertiary/aromatic N) is 4. The molecule has 1 aromatic heterocycles. The summed E-state index contributed by atoms with van der Waals surface area (Å²) in [5.41, 5.74) is 0.890. The molecule has 1 heterocycles. The standard InChI is InChI=1S/C16H25N7O2S.HI/c1-3-15-22-21-12-23(15)10-9-19-16(18-4-2)20-11-13-5-7-14(8-6-13)26(17,24)25;/h5-8,12H,3-4,9-11H2,1-2H3,(H2,17,24,25)(H2,18,19,20);1H. The van der Waals surface area contributed by atoms with Crippen LogP contribution in [0.1, 0.15) is 25.2 Å². The number of nitrogens with two attached hydrogens (primary N) is 1. The largest absolute Gasteiger partial charge is 0.357 e. The fourth-order valence-corrected chi connectivity index (χ4v) is 2.85. The molecule has 0 saturated carbocycles. The number of nitrogens with one attached hydrogen (secondary N) is 2. The smallest absolute Gasteiger partial charge is 0.238 e. The number of benzene rings is 1. The zero-order valence-corrected chi connectivity index (χ0v) is 18.6. The molecule has 9 nitrogen and oxygen atoms in total. The number of aliphatic imine (C=N–C) groups is 1. The Morgan fingerprint density at radius 2 is 1.93 bits per heavy atom. The van der Waals surface area contributed by atoms with Crippen LogP contribution in [0.5, 0.6) is 0 Å². The number of hydrogen-bond donors (Lipinski definition) is 3. The van der Waals surface area contributed by atoms with Gasteiger partial charge in [0.25, 0.3) is 0 Å². The molecule has 2 rings (SSSR count). The van der Waals surface area contributed by atoms with Crippen LogP contribution in [-0.2, 0) is 29.5 Å². The van der Waals surface area contributed by atoms with Gasteiger partial charge >= 0.3 is 0 Å². The van der Waals surface area contributed by atoms with Gasteiger partial charge in [0.2, 0.25) is 10.0 Å². The molecule has 11 heteroatoms. The third kappa shape index (κ3) is 7.42. The number of hydrogen-bond acceptors (Lipinski definition) is 5. The molecule has 4 N–H and O–H groups in total. The molecule has 0 fully saturated rings. The van der Waals surface area contributed by atoms with Crippen LogP contribution < -0.4 is 15.8 Å². The van der Waals surface area contributed by atoms with Crippen molar-refractivity contribution in [1.82, 2.24) is 25.4 Å². The molecule has 0 saturated heterocycles. The third-order valence-corrected chi connectivity index (χ3v) is 4.60. The molecular formula is C16H26IN7O2S. The summed E-state index contributed by atoms with van der Waals surface area (Å²) in [6.07, 6.45) is 2.56. The minimum Gasteiger partial charge on any atom is -0.357 e. The van der Waals surface area contributed by atoms with Crippen LogP contribution in [0.4, 0.5) is 0 Å². The van der Waals surface area contributed by atoms with E-state index in [1.54, 1.807) is 18.5 Å². The van der Waals surface area contributed by atoms with Gasteiger partial charge in [0.15, 0.2) is 5.96 Å². The zero-order valence-electron chi connectivity index (χ0n) is 15.4. The van der Waals surface area contributed by atoms with Gasteiger partial charge in [-0.3, -0.25) is 0 Å². The Labute approximate surface area is 176 Å². The summed E-state index contributed by atoms with van der Waals surface area (Å²) < 4.78 is 24.6. The molecule has 0 aliphatic carbocycles. The summed E-state index contributed by atoms with van der Waals surface area (Å²) in [7, 11) is -3.67. The molecule has 150 valence electrons. The van der Waals surface area contributed by atoms with E-state index in [-0.39, 0.29) is 28.9 Å². The van der Waals surface area contributed by atoms with Crippen molar-refractivity contribution in [2.24, 2.45) is 10.1 Å². The predicted molar refractivity (Wildman–Crippen MR) is 115 cm³/mol. The highest BCUT2D eigenvalue weighted by atomic mass is 127. The van der Waals surface area contributed by atoms with E-state index in [2.05, 4.69) is 25.8 Å². The molecule has 1 aromatic carbocycles. The molecule has 0 atom stereocenters. The van der Waals surface area contributed by atoms with Crippen LogP contribution in [0, 0.1) is 0 Å². The summed E-state index contributed by atoms with van der Waals surface area (Å²) in [6, 6.07) is 6.38. The van der Waals surface area contributed by atoms with E-state index < -0.39 is 10.0 Å². The van der Waals surface area contributed by atoms with Gasteiger partial charge in [0.1, 0.15) is 12.2 Å². The Kier molecular flexibility index (Phi) is 9.66. The summed E-state index contributed by atoms with van der Waals surface area (Å²) in [5, 5.41) is 19.5. The lowest BCUT2D eigenvalue weighted by Gasteiger charge is -2.12. The average Bonchev–Trinajstić information content (AvgIpc) is 3.07. The topological polar surface area (TPSA) is 127 Å². The van der Waals surface area contributed by atoms with E-state index in [1.807, 2.05) is 18.4 Å². The highest BCUT2D eigenvalue weighted by molar-refractivity contribution is 14.0. The lowest BCUT2D eigenvalue weighted by Crippen LogP contribution is -2.38. The summed E-state index contributed by atoms with van der Waals surface area (Å²) >= 11 is 0. The number of guanidine groups is 1. The van der Waals surface area contributed by atoms with Crippen molar-refractivity contribution in [3.05, 3.63) is 42.0 Å². The van der Waals surface area contributed by atoms with Crippen LogP contribution >= 0.6 is 24.0 Å². The van der Waals surface area contributed by atoms with E-state index in [0.717, 1.165) is 30.9 Å². The maximum atomic E-state index is 11.3. The fourth-order valence-electron chi connectivity index (χ4n) is 2.33. The van der Waals surface area contributed by atoms with Crippen LogP contribution in [0.15, 0.2) is 40.5 Å². The first-order valence-corrected chi connectivity index (χ1v) is 9.99. The second-order valence-corrected chi connectivity index (χ2v) is 7.17. The van der Waals surface area contributed by atoms with E-state index in [0.29, 0.717) is 19.0 Å². The minimum absolute atomic E-state index is 0. The molecule has 0 amide bonds. The van der Waals surface area contributed by atoms with Gasteiger partial charge in [-0.15, -0.1) is 34.2 Å². The summed E-state index contributed by atoms with van der Waals surface area (Å²) in [5.74, 6) is 1.64. The SMILES string of the molecule is CCNC(=NCc1ccc(S(N)(=O)=O)cc1)NCCn1cnnc1CC.I. The monoisotopic (exact) mass is 507 g/mol. The zero-order chi connectivity index (χ0) is 19.0. The molecule has 0 unspecified atom stereocenters. The van der Waals surface area contributed by atoms with Gasteiger partial charge in [-0.2, -0.15) is 0 Å². The van der Waals surface area contributed by atoms with E-state index in [4.69, 9.17) is 5.14 Å². The van der Waals surface area contributed by atoms with Crippen molar-refractivity contribution in [1.29, 1.82) is 0 Å². The Morgan fingerprint density at radius 3 is 2.52 bits per heavy atom. The second kappa shape index (κ2) is 11.2. The number of sulfonamides is 1. The normalized spacial score (nSPS) is 11.7. The molecule has 0 radical (unpaired) electrons. The highest BCUT2D eigenvalue weighted by Crippen LogP contribution is 2.09. The van der Waals surface area contributed by atoms with Gasteiger partial charge in [0.05, 0.1) is 11.4 Å². The van der Waals surface area contributed by atoms with Gasteiger partial charge < -0.3 is 15.2 Å². The molecule has 0 spiro atoms. The number of primary sulfonamides is 1. The second-order valence-electron chi connectivity index (χ2n) is 5.61. The first-order chi connectivity index (χ1) is 12.4. The van der Waals surface area contributed by atoms with Crippen LogP contribution in [0.3, 0.4) is 0 Å². The Morgan fingerprint density at radius 1 is 1.22 bits per heavy atom. The maximum Gasteiger partial charge on any atom is 0.238 e. The molecule has 0 bridgehead atoms. The number of rotatable bonds is 8. The Balaban J connectivity index is 0.00000364. The molecule has 27 heavy (non-hydrogen) atoms. The van der Waals surface area contributed by atoms with Crippen molar-refractivity contribution in [2.45, 2.75) is 38.3 Å². The lowest BCUT2D eigenvalue weighted by atomic mass is 10.2. The van der Waals surface area contributed by atoms with Crippen molar-refractivity contribution < 1.29 is 8.42 Å². The van der Waals surface area contributed by atoms with Gasteiger partial charge in [-0.1, -0.05) is 19.1 Å². The number of aryl methyl sites for hydroxylation is 1. The summed E-state index contributed by atoms with van der Waals surface area (Å²) in [4.78, 5) is 4.60.